The molecule has 1 aliphatic rings. The molecule has 118 valence electrons. The van der Waals surface area contributed by atoms with Crippen molar-refractivity contribution in [2.24, 2.45) is 0 Å². The molecule has 1 fully saturated rings. The van der Waals surface area contributed by atoms with Gasteiger partial charge in [0.15, 0.2) is 0 Å². The predicted octanol–water partition coefficient (Wildman–Crippen LogP) is 4.98. The molecule has 4 heteroatoms. The third-order valence-corrected chi connectivity index (χ3v) is 4.99. The number of rotatable bonds is 6. The third-order valence-electron chi connectivity index (χ3n) is 4.50. The first-order valence-corrected chi connectivity index (χ1v) is 8.66. The number of ether oxygens (including phenoxy) is 1. The van der Waals surface area contributed by atoms with Crippen LogP contribution < -0.4 is 5.32 Å². The van der Waals surface area contributed by atoms with Crippen molar-refractivity contribution in [2.75, 3.05) is 13.7 Å². The molecule has 2 nitrogen and oxygen atoms in total. The SMILES string of the molecule is CCCNC(c1cc(Br)ccc1F)C1(OC)CCCCC1. The first kappa shape index (κ1) is 16.9. The molecule has 0 aromatic heterocycles. The van der Waals surface area contributed by atoms with Gasteiger partial charge in [-0.15, -0.1) is 0 Å². The van der Waals surface area contributed by atoms with Crippen molar-refractivity contribution in [3.8, 4) is 0 Å². The summed E-state index contributed by atoms with van der Waals surface area (Å²) in [5, 5.41) is 3.53. The summed E-state index contributed by atoms with van der Waals surface area (Å²) in [6, 6.07) is 5.07. The quantitative estimate of drug-likeness (QED) is 0.775. The zero-order chi connectivity index (χ0) is 15.3. The van der Waals surface area contributed by atoms with Crippen molar-refractivity contribution < 1.29 is 9.13 Å². The highest BCUT2D eigenvalue weighted by atomic mass is 79.9. The van der Waals surface area contributed by atoms with E-state index in [-0.39, 0.29) is 17.5 Å². The van der Waals surface area contributed by atoms with Crippen molar-refractivity contribution in [3.63, 3.8) is 0 Å². The molecule has 1 aliphatic carbocycles. The van der Waals surface area contributed by atoms with Gasteiger partial charge in [-0.3, -0.25) is 0 Å². The van der Waals surface area contributed by atoms with Crippen molar-refractivity contribution in [3.05, 3.63) is 34.1 Å². The second-order valence-corrected chi connectivity index (χ2v) is 6.80. The number of hydrogen-bond acceptors (Lipinski definition) is 2. The van der Waals surface area contributed by atoms with E-state index in [0.29, 0.717) is 5.56 Å². The Labute approximate surface area is 135 Å². The van der Waals surface area contributed by atoms with Crippen LogP contribution >= 0.6 is 15.9 Å². The molecule has 0 amide bonds. The van der Waals surface area contributed by atoms with Gasteiger partial charge in [-0.25, -0.2) is 4.39 Å². The highest BCUT2D eigenvalue weighted by molar-refractivity contribution is 9.10. The van der Waals surface area contributed by atoms with Crippen molar-refractivity contribution >= 4 is 15.9 Å². The maximum absolute atomic E-state index is 14.4. The molecule has 1 aromatic rings. The summed E-state index contributed by atoms with van der Waals surface area (Å²) >= 11 is 3.46. The number of hydrogen-bond donors (Lipinski definition) is 1. The first-order chi connectivity index (χ1) is 10.1. The highest BCUT2D eigenvalue weighted by Crippen LogP contribution is 2.42. The molecule has 0 bridgehead atoms. The Kier molecular flexibility index (Phi) is 6.20. The van der Waals surface area contributed by atoms with E-state index in [9.17, 15) is 4.39 Å². The van der Waals surface area contributed by atoms with Crippen LogP contribution in [0.1, 0.15) is 57.1 Å². The summed E-state index contributed by atoms with van der Waals surface area (Å²) in [6.07, 6.45) is 6.52. The monoisotopic (exact) mass is 357 g/mol. The fourth-order valence-electron chi connectivity index (χ4n) is 3.36. The Hall–Kier alpha value is -0.450. The van der Waals surface area contributed by atoms with E-state index >= 15 is 0 Å². The molecule has 0 radical (unpaired) electrons. The molecule has 0 spiro atoms. The molecule has 0 aliphatic heterocycles. The van der Waals surface area contributed by atoms with Gasteiger partial charge in [-0.2, -0.15) is 0 Å². The fourth-order valence-corrected chi connectivity index (χ4v) is 3.74. The molecule has 1 unspecified atom stereocenters. The van der Waals surface area contributed by atoms with Crippen LogP contribution in [0, 0.1) is 5.82 Å². The van der Waals surface area contributed by atoms with E-state index in [0.717, 1.165) is 43.1 Å². The standard InChI is InChI=1S/C17H25BrFNO/c1-3-11-20-16(14-12-13(18)7-8-15(14)19)17(21-2)9-5-4-6-10-17/h7-8,12,16,20H,3-6,9-11H2,1-2H3. The van der Waals surface area contributed by atoms with Gasteiger partial charge in [0.2, 0.25) is 0 Å². The Balaban J connectivity index is 2.38. The zero-order valence-electron chi connectivity index (χ0n) is 12.9. The van der Waals surface area contributed by atoms with Gasteiger partial charge >= 0.3 is 0 Å². The molecule has 1 atom stereocenters. The average Bonchev–Trinajstić information content (AvgIpc) is 2.51. The van der Waals surface area contributed by atoms with Gasteiger partial charge in [-0.1, -0.05) is 42.1 Å². The normalized spacial score (nSPS) is 19.4. The Morgan fingerprint density at radius 1 is 1.33 bits per heavy atom. The van der Waals surface area contributed by atoms with E-state index < -0.39 is 0 Å². The minimum absolute atomic E-state index is 0.0970. The number of nitrogens with one attached hydrogen (secondary N) is 1. The van der Waals surface area contributed by atoms with Crippen LogP contribution in [0.4, 0.5) is 4.39 Å². The first-order valence-electron chi connectivity index (χ1n) is 7.86. The lowest BCUT2D eigenvalue weighted by molar-refractivity contribution is -0.0694. The molecule has 0 heterocycles. The minimum Gasteiger partial charge on any atom is -0.376 e. The summed E-state index contributed by atoms with van der Waals surface area (Å²) in [7, 11) is 1.77. The van der Waals surface area contributed by atoms with Crippen LogP contribution in [0.15, 0.2) is 22.7 Å². The van der Waals surface area contributed by atoms with Crippen LogP contribution in [0.3, 0.4) is 0 Å². The summed E-state index contributed by atoms with van der Waals surface area (Å²) in [5.41, 5.74) is 0.413. The van der Waals surface area contributed by atoms with E-state index in [2.05, 4.69) is 28.2 Å². The maximum atomic E-state index is 14.4. The summed E-state index contributed by atoms with van der Waals surface area (Å²) in [5.74, 6) is -0.159. The molecule has 21 heavy (non-hydrogen) atoms. The van der Waals surface area contributed by atoms with Crippen LogP contribution in [-0.2, 0) is 4.74 Å². The number of methoxy groups -OCH3 is 1. The lowest BCUT2D eigenvalue weighted by Gasteiger charge is -2.43. The Bertz CT molecular complexity index is 460. The molecule has 2 rings (SSSR count). The average molecular weight is 358 g/mol. The number of benzene rings is 1. The second kappa shape index (κ2) is 7.70. The van der Waals surface area contributed by atoms with Gasteiger partial charge in [0.1, 0.15) is 5.82 Å². The molecular formula is C17H25BrFNO. The maximum Gasteiger partial charge on any atom is 0.128 e. The van der Waals surface area contributed by atoms with E-state index in [1.807, 2.05) is 6.07 Å². The third kappa shape index (κ3) is 3.85. The molecule has 1 N–H and O–H groups in total. The topological polar surface area (TPSA) is 21.3 Å². The van der Waals surface area contributed by atoms with E-state index in [1.54, 1.807) is 13.2 Å². The van der Waals surface area contributed by atoms with Crippen LogP contribution in [0.25, 0.3) is 0 Å². The number of halogens is 2. The zero-order valence-corrected chi connectivity index (χ0v) is 14.5. The molecule has 1 saturated carbocycles. The van der Waals surface area contributed by atoms with Gasteiger partial charge in [-0.05, 0) is 44.0 Å². The van der Waals surface area contributed by atoms with Gasteiger partial charge in [0.05, 0.1) is 11.6 Å². The summed E-state index contributed by atoms with van der Waals surface area (Å²) < 4.78 is 21.2. The lowest BCUT2D eigenvalue weighted by Crippen LogP contribution is -2.47. The van der Waals surface area contributed by atoms with Crippen LogP contribution in [-0.4, -0.2) is 19.3 Å². The summed E-state index contributed by atoms with van der Waals surface area (Å²) in [4.78, 5) is 0. The van der Waals surface area contributed by atoms with Gasteiger partial charge in [0.25, 0.3) is 0 Å². The minimum atomic E-state index is -0.297. The largest absolute Gasteiger partial charge is 0.376 e. The summed E-state index contributed by atoms with van der Waals surface area (Å²) in [6.45, 7) is 2.99. The predicted molar refractivity (Wildman–Crippen MR) is 88.0 cm³/mol. The van der Waals surface area contributed by atoms with E-state index in [1.165, 1.54) is 12.5 Å². The molecular weight excluding hydrogens is 333 g/mol. The molecule has 1 aromatic carbocycles. The smallest absolute Gasteiger partial charge is 0.128 e. The molecule has 0 saturated heterocycles. The van der Waals surface area contributed by atoms with Crippen molar-refractivity contribution in [1.82, 2.24) is 5.32 Å². The van der Waals surface area contributed by atoms with Crippen LogP contribution in [0.2, 0.25) is 0 Å². The highest BCUT2D eigenvalue weighted by Gasteiger charge is 2.41. The van der Waals surface area contributed by atoms with Gasteiger partial charge < -0.3 is 10.1 Å². The Morgan fingerprint density at radius 3 is 2.67 bits per heavy atom. The second-order valence-electron chi connectivity index (χ2n) is 5.88. The van der Waals surface area contributed by atoms with Gasteiger partial charge in [0, 0.05) is 17.1 Å². The lowest BCUT2D eigenvalue weighted by atomic mass is 9.76. The fraction of sp³-hybridized carbons (Fsp3) is 0.647. The van der Waals surface area contributed by atoms with E-state index in [4.69, 9.17) is 4.74 Å². The van der Waals surface area contributed by atoms with Crippen molar-refractivity contribution in [2.45, 2.75) is 57.1 Å². The van der Waals surface area contributed by atoms with Crippen molar-refractivity contribution in [1.29, 1.82) is 0 Å². The van der Waals surface area contributed by atoms with Crippen LogP contribution in [0.5, 0.6) is 0 Å². The Morgan fingerprint density at radius 2 is 2.05 bits per heavy atom.